The van der Waals surface area contributed by atoms with Gasteiger partial charge in [0.05, 0.1) is 11.6 Å². The molecule has 4 nitrogen and oxygen atoms in total. The van der Waals surface area contributed by atoms with Crippen molar-refractivity contribution in [1.82, 2.24) is 20.3 Å². The summed E-state index contributed by atoms with van der Waals surface area (Å²) in [5, 5.41) is 12.2. The SMILES string of the molecule is CC(C)C(CNC(C)(C)C)n1nnc2ccccc21. The van der Waals surface area contributed by atoms with Crippen LogP contribution in [0.2, 0.25) is 0 Å². The second-order valence-corrected chi connectivity index (χ2v) is 6.46. The van der Waals surface area contributed by atoms with Crippen LogP contribution >= 0.6 is 0 Å². The van der Waals surface area contributed by atoms with E-state index in [1.807, 2.05) is 18.2 Å². The molecule has 0 aliphatic carbocycles. The van der Waals surface area contributed by atoms with Gasteiger partial charge in [-0.05, 0) is 38.8 Å². The molecule has 0 amide bonds. The van der Waals surface area contributed by atoms with Crippen molar-refractivity contribution in [3.63, 3.8) is 0 Å². The standard InChI is InChI=1S/C15H24N4/c1-11(2)14(10-16-15(3,4)5)19-13-9-7-6-8-12(13)17-18-19/h6-9,11,14,16H,10H2,1-5H3. The fourth-order valence-corrected chi connectivity index (χ4v) is 2.15. The van der Waals surface area contributed by atoms with E-state index in [2.05, 4.69) is 61.0 Å². The fraction of sp³-hybridized carbons (Fsp3) is 0.600. The molecular weight excluding hydrogens is 236 g/mol. The lowest BCUT2D eigenvalue weighted by molar-refractivity contribution is 0.296. The molecule has 2 rings (SSSR count). The first kappa shape index (κ1) is 14.0. The normalized spacial score (nSPS) is 14.2. The Morgan fingerprint density at radius 2 is 1.89 bits per heavy atom. The maximum Gasteiger partial charge on any atom is 0.113 e. The monoisotopic (exact) mass is 260 g/mol. The molecule has 0 fully saturated rings. The van der Waals surface area contributed by atoms with Gasteiger partial charge in [0.25, 0.3) is 0 Å². The number of rotatable bonds is 4. The zero-order valence-electron chi connectivity index (χ0n) is 12.5. The third kappa shape index (κ3) is 3.32. The van der Waals surface area contributed by atoms with E-state index in [9.17, 15) is 0 Å². The Bertz CT molecular complexity index is 536. The van der Waals surface area contributed by atoms with Crippen LogP contribution in [0.15, 0.2) is 24.3 Å². The molecule has 4 heteroatoms. The average Bonchev–Trinajstić information content (AvgIpc) is 2.72. The van der Waals surface area contributed by atoms with Crippen LogP contribution in [0.25, 0.3) is 11.0 Å². The molecule has 0 bridgehead atoms. The molecule has 1 atom stereocenters. The van der Waals surface area contributed by atoms with Gasteiger partial charge < -0.3 is 5.32 Å². The minimum absolute atomic E-state index is 0.115. The van der Waals surface area contributed by atoms with E-state index >= 15 is 0 Å². The van der Waals surface area contributed by atoms with Gasteiger partial charge in [-0.25, -0.2) is 4.68 Å². The van der Waals surface area contributed by atoms with Gasteiger partial charge in [0.1, 0.15) is 5.52 Å². The highest BCUT2D eigenvalue weighted by molar-refractivity contribution is 5.73. The lowest BCUT2D eigenvalue weighted by Crippen LogP contribution is -2.41. The Kier molecular flexibility index (Phi) is 3.90. The molecule has 1 aromatic heterocycles. The smallest absolute Gasteiger partial charge is 0.113 e. The van der Waals surface area contributed by atoms with E-state index in [4.69, 9.17) is 0 Å². The highest BCUT2D eigenvalue weighted by Gasteiger charge is 2.21. The van der Waals surface area contributed by atoms with E-state index in [0.29, 0.717) is 12.0 Å². The Morgan fingerprint density at radius 3 is 2.53 bits per heavy atom. The van der Waals surface area contributed by atoms with E-state index in [-0.39, 0.29) is 5.54 Å². The summed E-state index contributed by atoms with van der Waals surface area (Å²) < 4.78 is 2.05. The van der Waals surface area contributed by atoms with Gasteiger partial charge in [0.15, 0.2) is 0 Å². The zero-order chi connectivity index (χ0) is 14.0. The number of para-hydroxylation sites is 1. The lowest BCUT2D eigenvalue weighted by Gasteiger charge is -2.27. The minimum Gasteiger partial charge on any atom is -0.310 e. The molecule has 1 N–H and O–H groups in total. The van der Waals surface area contributed by atoms with Gasteiger partial charge >= 0.3 is 0 Å². The van der Waals surface area contributed by atoms with Gasteiger partial charge in [-0.15, -0.1) is 5.10 Å². The second-order valence-electron chi connectivity index (χ2n) is 6.46. The minimum atomic E-state index is 0.115. The van der Waals surface area contributed by atoms with Crippen molar-refractivity contribution >= 4 is 11.0 Å². The van der Waals surface area contributed by atoms with Crippen LogP contribution in [0.1, 0.15) is 40.7 Å². The first-order chi connectivity index (χ1) is 8.88. The molecule has 0 spiro atoms. The van der Waals surface area contributed by atoms with Gasteiger partial charge in [0.2, 0.25) is 0 Å². The summed E-state index contributed by atoms with van der Waals surface area (Å²) in [6.45, 7) is 11.9. The van der Waals surface area contributed by atoms with Crippen LogP contribution in [0.3, 0.4) is 0 Å². The van der Waals surface area contributed by atoms with Crippen LogP contribution in [0.5, 0.6) is 0 Å². The van der Waals surface area contributed by atoms with Crippen LogP contribution in [-0.4, -0.2) is 27.1 Å². The van der Waals surface area contributed by atoms with Crippen LogP contribution in [-0.2, 0) is 0 Å². The maximum absolute atomic E-state index is 4.34. The highest BCUT2D eigenvalue weighted by Crippen LogP contribution is 2.21. The fourth-order valence-electron chi connectivity index (χ4n) is 2.15. The van der Waals surface area contributed by atoms with Crippen molar-refractivity contribution in [3.05, 3.63) is 24.3 Å². The Hall–Kier alpha value is -1.42. The van der Waals surface area contributed by atoms with Crippen molar-refractivity contribution in [2.45, 2.75) is 46.2 Å². The quantitative estimate of drug-likeness (QED) is 0.919. The number of nitrogens with zero attached hydrogens (tertiary/aromatic N) is 3. The summed E-state index contributed by atoms with van der Waals surface area (Å²) in [6.07, 6.45) is 0. The molecule has 0 aliphatic rings. The Balaban J connectivity index is 2.29. The van der Waals surface area contributed by atoms with Gasteiger partial charge in [0, 0.05) is 12.1 Å². The molecule has 0 saturated heterocycles. The van der Waals surface area contributed by atoms with Gasteiger partial charge in [-0.3, -0.25) is 0 Å². The number of aromatic nitrogens is 3. The van der Waals surface area contributed by atoms with Crippen molar-refractivity contribution in [1.29, 1.82) is 0 Å². The number of nitrogens with one attached hydrogen (secondary N) is 1. The highest BCUT2D eigenvalue weighted by atomic mass is 15.4. The van der Waals surface area contributed by atoms with E-state index in [1.165, 1.54) is 0 Å². The number of hydrogen-bond donors (Lipinski definition) is 1. The van der Waals surface area contributed by atoms with E-state index in [0.717, 1.165) is 17.6 Å². The van der Waals surface area contributed by atoms with Crippen molar-refractivity contribution in [2.75, 3.05) is 6.54 Å². The number of fused-ring (bicyclic) bond motifs is 1. The molecule has 0 saturated carbocycles. The van der Waals surface area contributed by atoms with Gasteiger partial charge in [-0.1, -0.05) is 31.2 Å². The molecule has 0 radical (unpaired) electrons. The van der Waals surface area contributed by atoms with Crippen LogP contribution in [0, 0.1) is 5.92 Å². The molecule has 1 aromatic carbocycles. The van der Waals surface area contributed by atoms with Gasteiger partial charge in [-0.2, -0.15) is 0 Å². The average molecular weight is 260 g/mol. The summed E-state index contributed by atoms with van der Waals surface area (Å²) in [4.78, 5) is 0. The third-order valence-electron chi connectivity index (χ3n) is 3.30. The Labute approximate surface area is 115 Å². The van der Waals surface area contributed by atoms with Crippen LogP contribution < -0.4 is 5.32 Å². The zero-order valence-corrected chi connectivity index (χ0v) is 12.5. The molecule has 0 aliphatic heterocycles. The largest absolute Gasteiger partial charge is 0.310 e. The van der Waals surface area contributed by atoms with Crippen molar-refractivity contribution < 1.29 is 0 Å². The van der Waals surface area contributed by atoms with Crippen molar-refractivity contribution in [3.8, 4) is 0 Å². The predicted molar refractivity (Wildman–Crippen MR) is 79.2 cm³/mol. The number of hydrogen-bond acceptors (Lipinski definition) is 3. The summed E-state index contributed by atoms with van der Waals surface area (Å²) in [5.41, 5.74) is 2.18. The topological polar surface area (TPSA) is 42.7 Å². The van der Waals surface area contributed by atoms with Crippen molar-refractivity contribution in [2.24, 2.45) is 5.92 Å². The molecule has 1 heterocycles. The molecule has 19 heavy (non-hydrogen) atoms. The molecular formula is C15H24N4. The first-order valence-electron chi connectivity index (χ1n) is 6.93. The summed E-state index contributed by atoms with van der Waals surface area (Å²) >= 11 is 0. The number of benzene rings is 1. The van der Waals surface area contributed by atoms with E-state index in [1.54, 1.807) is 0 Å². The molecule has 1 unspecified atom stereocenters. The second kappa shape index (κ2) is 5.29. The Morgan fingerprint density at radius 1 is 1.21 bits per heavy atom. The predicted octanol–water partition coefficient (Wildman–Crippen LogP) is 3.02. The molecule has 2 aromatic rings. The van der Waals surface area contributed by atoms with Crippen LogP contribution in [0.4, 0.5) is 0 Å². The maximum atomic E-state index is 4.34. The lowest BCUT2D eigenvalue weighted by atomic mass is 10.0. The first-order valence-corrected chi connectivity index (χ1v) is 6.93. The third-order valence-corrected chi connectivity index (χ3v) is 3.30. The van der Waals surface area contributed by atoms with E-state index < -0.39 is 0 Å². The summed E-state index contributed by atoms with van der Waals surface area (Å²) in [6, 6.07) is 8.44. The molecule has 104 valence electrons. The summed E-state index contributed by atoms with van der Waals surface area (Å²) in [5.74, 6) is 0.500. The summed E-state index contributed by atoms with van der Waals surface area (Å²) in [7, 11) is 0.